The Kier molecular flexibility index (Phi) is 4.55. The molecule has 0 amide bonds. The maximum absolute atomic E-state index is 9.74. The van der Waals surface area contributed by atoms with E-state index in [-0.39, 0.29) is 0 Å². The second-order valence-corrected chi connectivity index (χ2v) is 6.84. The lowest BCUT2D eigenvalue weighted by molar-refractivity contribution is 0.133. The van der Waals surface area contributed by atoms with E-state index in [1.54, 1.807) is 39.8 Å². The number of fused-ring (bicyclic) bond motifs is 1. The minimum Gasteiger partial charge on any atom is -0.386 e. The molecule has 0 aromatic heterocycles. The molecule has 22 heavy (non-hydrogen) atoms. The van der Waals surface area contributed by atoms with Crippen molar-refractivity contribution in [2.45, 2.75) is 38.9 Å². The fourth-order valence-corrected chi connectivity index (χ4v) is 2.09. The monoisotopic (exact) mass is 296 g/mol. The van der Waals surface area contributed by atoms with Crippen LogP contribution in [-0.2, 0) is 0 Å². The van der Waals surface area contributed by atoms with E-state index >= 15 is 0 Å². The highest BCUT2D eigenvalue weighted by Gasteiger charge is 2.07. The zero-order valence-electron chi connectivity index (χ0n) is 13.7. The molecule has 0 radical (unpaired) electrons. The molecule has 2 aromatic rings. The minimum atomic E-state index is -0.805. The molecule has 0 saturated heterocycles. The van der Waals surface area contributed by atoms with Crippen LogP contribution in [0.25, 0.3) is 22.9 Å². The maximum atomic E-state index is 9.74. The van der Waals surface area contributed by atoms with Crippen molar-refractivity contribution in [2.24, 2.45) is 0 Å². The van der Waals surface area contributed by atoms with Crippen LogP contribution in [0.1, 0.15) is 38.8 Å². The first-order valence-corrected chi connectivity index (χ1v) is 7.49. The van der Waals surface area contributed by atoms with Gasteiger partial charge in [0.1, 0.15) is 0 Å². The van der Waals surface area contributed by atoms with Gasteiger partial charge in [-0.3, -0.25) is 0 Å². The van der Waals surface area contributed by atoms with Gasteiger partial charge in [0.2, 0.25) is 0 Å². The van der Waals surface area contributed by atoms with Crippen LogP contribution >= 0.6 is 0 Å². The maximum Gasteiger partial charge on any atom is 0.0774 e. The molecule has 2 nitrogen and oxygen atoms in total. The Bertz CT molecular complexity index is 647. The zero-order valence-corrected chi connectivity index (χ0v) is 13.7. The van der Waals surface area contributed by atoms with Crippen molar-refractivity contribution in [1.29, 1.82) is 0 Å². The Hall–Kier alpha value is -1.90. The molecular weight excluding hydrogens is 272 g/mol. The molecule has 0 saturated carbocycles. The van der Waals surface area contributed by atoms with Crippen molar-refractivity contribution in [2.75, 3.05) is 0 Å². The van der Waals surface area contributed by atoms with Crippen LogP contribution in [0.4, 0.5) is 0 Å². The number of hydrogen-bond donors (Lipinski definition) is 2. The Morgan fingerprint density at radius 3 is 1.36 bits per heavy atom. The van der Waals surface area contributed by atoms with E-state index in [4.69, 9.17) is 0 Å². The van der Waals surface area contributed by atoms with E-state index in [1.807, 2.05) is 24.3 Å². The van der Waals surface area contributed by atoms with Gasteiger partial charge in [0, 0.05) is 0 Å². The molecule has 0 unspecified atom stereocenters. The van der Waals surface area contributed by atoms with Crippen LogP contribution in [-0.4, -0.2) is 21.4 Å². The van der Waals surface area contributed by atoms with Crippen LogP contribution in [0.2, 0.25) is 0 Å². The smallest absolute Gasteiger partial charge is 0.0774 e. The van der Waals surface area contributed by atoms with Crippen molar-refractivity contribution in [3.63, 3.8) is 0 Å². The van der Waals surface area contributed by atoms with E-state index < -0.39 is 11.2 Å². The van der Waals surface area contributed by atoms with Gasteiger partial charge in [0.05, 0.1) is 11.2 Å². The molecule has 0 aliphatic rings. The lowest BCUT2D eigenvalue weighted by Crippen LogP contribution is -2.13. The van der Waals surface area contributed by atoms with Gasteiger partial charge in [-0.05, 0) is 61.7 Å². The van der Waals surface area contributed by atoms with Crippen LogP contribution in [0, 0.1) is 0 Å². The van der Waals surface area contributed by atoms with Gasteiger partial charge in [-0.1, -0.05) is 48.6 Å². The first-order valence-electron chi connectivity index (χ1n) is 7.49. The largest absolute Gasteiger partial charge is 0.386 e. The summed E-state index contributed by atoms with van der Waals surface area (Å²) in [5, 5.41) is 21.8. The minimum absolute atomic E-state index is 0.805. The van der Waals surface area contributed by atoms with Gasteiger partial charge in [-0.25, -0.2) is 0 Å². The van der Waals surface area contributed by atoms with Crippen molar-refractivity contribution in [3.05, 3.63) is 59.7 Å². The third-order valence-corrected chi connectivity index (χ3v) is 3.26. The topological polar surface area (TPSA) is 40.5 Å². The van der Waals surface area contributed by atoms with Gasteiger partial charge in [0.15, 0.2) is 0 Å². The molecule has 0 aliphatic heterocycles. The third kappa shape index (κ3) is 5.14. The number of hydrogen-bond acceptors (Lipinski definition) is 2. The van der Waals surface area contributed by atoms with Crippen LogP contribution < -0.4 is 0 Å². The van der Waals surface area contributed by atoms with Crippen LogP contribution in [0.15, 0.2) is 48.6 Å². The average Bonchev–Trinajstić information content (AvgIpc) is 2.41. The summed E-state index contributed by atoms with van der Waals surface area (Å²) in [5.41, 5.74) is 0.519. The molecule has 2 rings (SSSR count). The summed E-state index contributed by atoms with van der Waals surface area (Å²) in [6, 6.07) is 12.4. The fourth-order valence-electron chi connectivity index (χ4n) is 2.09. The highest BCUT2D eigenvalue weighted by atomic mass is 16.3. The highest BCUT2D eigenvalue weighted by molar-refractivity contribution is 5.86. The van der Waals surface area contributed by atoms with Gasteiger partial charge < -0.3 is 10.2 Å². The molecule has 2 N–H and O–H groups in total. The third-order valence-electron chi connectivity index (χ3n) is 3.26. The lowest BCUT2D eigenvalue weighted by Gasteiger charge is -2.11. The summed E-state index contributed by atoms with van der Waals surface area (Å²) in [6.07, 6.45) is 7.44. The second kappa shape index (κ2) is 6.07. The van der Waals surface area contributed by atoms with Crippen molar-refractivity contribution >= 4 is 22.9 Å². The normalized spacial score (nSPS) is 13.5. The van der Waals surface area contributed by atoms with E-state index in [0.29, 0.717) is 0 Å². The SMILES string of the molecule is CC(C)(O)C=Cc1ccc2cc(/C=C\C(C)(C)O)ccc2c1. The molecule has 0 heterocycles. The van der Waals surface area contributed by atoms with E-state index in [2.05, 4.69) is 24.3 Å². The molecule has 0 fully saturated rings. The lowest BCUT2D eigenvalue weighted by atomic mass is 10.0. The summed E-state index contributed by atoms with van der Waals surface area (Å²) in [5.74, 6) is 0. The summed E-state index contributed by atoms with van der Waals surface area (Å²) in [7, 11) is 0. The van der Waals surface area contributed by atoms with E-state index in [0.717, 1.165) is 21.9 Å². The fraction of sp³-hybridized carbons (Fsp3) is 0.300. The van der Waals surface area contributed by atoms with Gasteiger partial charge in [-0.15, -0.1) is 0 Å². The van der Waals surface area contributed by atoms with E-state index in [1.165, 1.54) is 0 Å². The zero-order chi connectivity index (χ0) is 16.4. The number of rotatable bonds is 4. The Labute approximate surface area is 132 Å². The molecule has 0 spiro atoms. The molecule has 0 aliphatic carbocycles. The predicted octanol–water partition coefficient (Wildman–Crippen LogP) is 4.41. The van der Waals surface area contributed by atoms with Gasteiger partial charge in [-0.2, -0.15) is 0 Å². The first kappa shape index (κ1) is 16.5. The van der Waals surface area contributed by atoms with Crippen LogP contribution in [0.3, 0.4) is 0 Å². The molecule has 0 bridgehead atoms. The van der Waals surface area contributed by atoms with Gasteiger partial charge in [0.25, 0.3) is 0 Å². The predicted molar refractivity (Wildman–Crippen MR) is 94.6 cm³/mol. The van der Waals surface area contributed by atoms with Crippen molar-refractivity contribution < 1.29 is 10.2 Å². The molecule has 116 valence electrons. The number of benzene rings is 2. The quantitative estimate of drug-likeness (QED) is 0.877. The number of aliphatic hydroxyl groups is 2. The first-order chi connectivity index (χ1) is 10.1. The van der Waals surface area contributed by atoms with Crippen molar-refractivity contribution in [1.82, 2.24) is 0 Å². The molecule has 2 aromatic carbocycles. The van der Waals surface area contributed by atoms with Gasteiger partial charge >= 0.3 is 0 Å². The second-order valence-electron chi connectivity index (χ2n) is 6.84. The summed E-state index contributed by atoms with van der Waals surface area (Å²) < 4.78 is 0. The molecular formula is C20H24O2. The summed E-state index contributed by atoms with van der Waals surface area (Å²) in [4.78, 5) is 0. The average molecular weight is 296 g/mol. The Balaban J connectivity index is 2.29. The standard InChI is InChI=1S/C20H24O2/c1-19(2,21)11-9-15-5-7-18-14-16(6-8-17(18)13-15)10-12-20(3,4)22/h5-14,21-22H,1-4H3/b11-9-,12-10?. The molecule has 0 atom stereocenters. The summed E-state index contributed by atoms with van der Waals surface area (Å²) in [6.45, 7) is 7.02. The Morgan fingerprint density at radius 1 is 0.682 bits per heavy atom. The molecule has 2 heteroatoms. The van der Waals surface area contributed by atoms with Crippen molar-refractivity contribution in [3.8, 4) is 0 Å². The van der Waals surface area contributed by atoms with Crippen LogP contribution in [0.5, 0.6) is 0 Å². The highest BCUT2D eigenvalue weighted by Crippen LogP contribution is 2.21. The Morgan fingerprint density at radius 2 is 1.05 bits per heavy atom. The van der Waals surface area contributed by atoms with E-state index in [9.17, 15) is 10.2 Å². The summed E-state index contributed by atoms with van der Waals surface area (Å²) >= 11 is 0.